The number of rotatable bonds is 5. The van der Waals surface area contributed by atoms with Crippen LogP contribution in [-0.4, -0.2) is 40.1 Å². The van der Waals surface area contributed by atoms with Crippen molar-refractivity contribution in [2.45, 2.75) is 63.8 Å². The van der Waals surface area contributed by atoms with Gasteiger partial charge in [0.05, 0.1) is 5.39 Å². The molecule has 2 unspecified atom stereocenters. The van der Waals surface area contributed by atoms with Gasteiger partial charge in [-0.25, -0.2) is 14.8 Å². The highest BCUT2D eigenvalue weighted by molar-refractivity contribution is 5.89. The first-order chi connectivity index (χ1) is 16.2. The lowest BCUT2D eigenvalue weighted by Gasteiger charge is -2.34. The summed E-state index contributed by atoms with van der Waals surface area (Å²) in [6, 6.07) is 10.5. The number of amides is 2. The molecule has 7 nitrogen and oxygen atoms in total. The Morgan fingerprint density at radius 2 is 2.00 bits per heavy atom. The number of hydrogen-bond acceptors (Lipinski definition) is 4. The van der Waals surface area contributed by atoms with Crippen LogP contribution in [0.25, 0.3) is 11.0 Å². The predicted molar refractivity (Wildman–Crippen MR) is 133 cm³/mol. The van der Waals surface area contributed by atoms with Gasteiger partial charge >= 0.3 is 6.03 Å². The highest BCUT2D eigenvalue weighted by Crippen LogP contribution is 2.33. The average Bonchev–Trinajstić information content (AvgIpc) is 3.34. The van der Waals surface area contributed by atoms with Crippen LogP contribution < -0.4 is 15.5 Å². The Kier molecular flexibility index (Phi) is 6.46. The van der Waals surface area contributed by atoms with E-state index in [0.29, 0.717) is 11.8 Å². The maximum absolute atomic E-state index is 12.6. The average molecular weight is 447 g/mol. The van der Waals surface area contributed by atoms with E-state index in [1.54, 1.807) is 6.33 Å². The van der Waals surface area contributed by atoms with Crippen molar-refractivity contribution in [1.29, 1.82) is 0 Å². The molecule has 2 aromatic heterocycles. The van der Waals surface area contributed by atoms with Crippen molar-refractivity contribution in [2.24, 2.45) is 5.92 Å². The van der Waals surface area contributed by atoms with Gasteiger partial charge in [-0.2, -0.15) is 0 Å². The molecule has 1 aromatic carbocycles. The Bertz CT molecular complexity index is 1090. The number of carbonyl (C=O) groups excluding carboxylic acids is 1. The summed E-state index contributed by atoms with van der Waals surface area (Å²) in [7, 11) is 0. The number of anilines is 2. The molecule has 2 atom stereocenters. The maximum Gasteiger partial charge on any atom is 0.319 e. The van der Waals surface area contributed by atoms with Crippen LogP contribution >= 0.6 is 0 Å². The van der Waals surface area contributed by atoms with Crippen LogP contribution in [0.2, 0.25) is 0 Å². The Hall–Kier alpha value is -3.09. The van der Waals surface area contributed by atoms with Crippen molar-refractivity contribution >= 4 is 28.6 Å². The van der Waals surface area contributed by atoms with Gasteiger partial charge in [0.1, 0.15) is 17.8 Å². The summed E-state index contributed by atoms with van der Waals surface area (Å²) in [5, 5.41) is 7.30. The molecule has 3 heterocycles. The molecule has 3 N–H and O–H groups in total. The SMILES string of the molecule is CC(NC(=O)Nc1cccc(C2CCCN(c3ncnc4[nH]ccc34)C2)c1)C1CCCCC1. The molecule has 2 amide bonds. The normalized spacial score (nSPS) is 20.5. The first kappa shape index (κ1) is 21.7. The fraction of sp³-hybridized carbons (Fsp3) is 0.500. The standard InChI is InChI=1S/C26H34N6O/c1-18(19-7-3-2-4-8-19)30-26(33)31-22-11-5-9-20(15-22)21-10-6-14-32(16-21)25-23-12-13-27-24(23)28-17-29-25/h5,9,11-13,15,17-19,21H,2-4,6-8,10,14,16H2,1H3,(H,27,28,29)(H2,30,31,33). The van der Waals surface area contributed by atoms with E-state index in [1.807, 2.05) is 24.4 Å². The molecular weight excluding hydrogens is 412 g/mol. The number of carbonyl (C=O) groups is 1. The van der Waals surface area contributed by atoms with E-state index in [1.165, 1.54) is 37.7 Å². The summed E-state index contributed by atoms with van der Waals surface area (Å²) in [6.07, 6.45) is 12.1. The summed E-state index contributed by atoms with van der Waals surface area (Å²) in [6.45, 7) is 4.04. The Morgan fingerprint density at radius 1 is 1.12 bits per heavy atom. The van der Waals surface area contributed by atoms with E-state index in [4.69, 9.17) is 0 Å². The lowest BCUT2D eigenvalue weighted by atomic mass is 9.85. The van der Waals surface area contributed by atoms with Crippen LogP contribution in [-0.2, 0) is 0 Å². The fourth-order valence-electron chi connectivity index (χ4n) is 5.55. The molecule has 7 heteroatoms. The third-order valence-electron chi connectivity index (χ3n) is 7.39. The topological polar surface area (TPSA) is 85.9 Å². The zero-order valence-electron chi connectivity index (χ0n) is 19.4. The van der Waals surface area contributed by atoms with E-state index in [-0.39, 0.29) is 12.1 Å². The van der Waals surface area contributed by atoms with E-state index in [2.05, 4.69) is 49.5 Å². The lowest BCUT2D eigenvalue weighted by Crippen LogP contribution is -2.41. The Labute approximate surface area is 195 Å². The van der Waals surface area contributed by atoms with Crippen LogP contribution in [0, 0.1) is 5.92 Å². The van der Waals surface area contributed by atoms with Gasteiger partial charge in [0.25, 0.3) is 0 Å². The first-order valence-electron chi connectivity index (χ1n) is 12.4. The molecule has 33 heavy (non-hydrogen) atoms. The number of aromatic nitrogens is 3. The number of benzene rings is 1. The zero-order valence-corrected chi connectivity index (χ0v) is 19.4. The number of H-pyrrole nitrogens is 1. The second kappa shape index (κ2) is 9.81. The molecule has 174 valence electrons. The van der Waals surface area contributed by atoms with Gasteiger partial charge in [-0.3, -0.25) is 0 Å². The van der Waals surface area contributed by atoms with Crippen molar-refractivity contribution < 1.29 is 4.79 Å². The van der Waals surface area contributed by atoms with Crippen molar-refractivity contribution in [3.63, 3.8) is 0 Å². The maximum atomic E-state index is 12.6. The van der Waals surface area contributed by atoms with Crippen LogP contribution in [0.1, 0.15) is 63.4 Å². The minimum absolute atomic E-state index is 0.105. The highest BCUT2D eigenvalue weighted by atomic mass is 16.2. The molecule has 5 rings (SSSR count). The summed E-state index contributed by atoms with van der Waals surface area (Å²) >= 11 is 0. The smallest absolute Gasteiger partial charge is 0.319 e. The number of piperidine rings is 1. The second-order valence-corrected chi connectivity index (χ2v) is 9.63. The van der Waals surface area contributed by atoms with Gasteiger partial charge in [0.15, 0.2) is 0 Å². The van der Waals surface area contributed by atoms with Crippen molar-refractivity contribution in [3.8, 4) is 0 Å². The van der Waals surface area contributed by atoms with Gasteiger partial charge in [-0.1, -0.05) is 31.4 Å². The molecule has 0 spiro atoms. The number of nitrogens with zero attached hydrogens (tertiary/aromatic N) is 3. The molecule has 1 aliphatic heterocycles. The largest absolute Gasteiger partial charge is 0.355 e. The molecule has 0 bridgehead atoms. The third-order valence-corrected chi connectivity index (χ3v) is 7.39. The Morgan fingerprint density at radius 3 is 2.88 bits per heavy atom. The van der Waals surface area contributed by atoms with Crippen LogP contribution in [0.4, 0.5) is 16.3 Å². The molecule has 2 fully saturated rings. The van der Waals surface area contributed by atoms with Crippen LogP contribution in [0.5, 0.6) is 0 Å². The van der Waals surface area contributed by atoms with E-state index >= 15 is 0 Å². The minimum Gasteiger partial charge on any atom is -0.355 e. The molecular formula is C26H34N6O. The number of aromatic amines is 1. The van der Waals surface area contributed by atoms with E-state index in [0.717, 1.165) is 48.5 Å². The summed E-state index contributed by atoms with van der Waals surface area (Å²) in [5.41, 5.74) is 2.99. The lowest BCUT2D eigenvalue weighted by molar-refractivity contribution is 0.235. The van der Waals surface area contributed by atoms with E-state index < -0.39 is 0 Å². The second-order valence-electron chi connectivity index (χ2n) is 9.63. The number of fused-ring (bicyclic) bond motifs is 1. The monoisotopic (exact) mass is 446 g/mol. The molecule has 1 aliphatic carbocycles. The fourth-order valence-corrected chi connectivity index (χ4v) is 5.55. The van der Waals surface area contributed by atoms with Gasteiger partial charge in [0.2, 0.25) is 0 Å². The summed E-state index contributed by atoms with van der Waals surface area (Å²) in [5.74, 6) is 1.99. The minimum atomic E-state index is -0.105. The molecule has 1 saturated heterocycles. The van der Waals surface area contributed by atoms with Gasteiger partial charge in [-0.05, 0) is 62.3 Å². The number of nitrogens with one attached hydrogen (secondary N) is 3. The molecule has 2 aliphatic rings. The number of urea groups is 1. The third kappa shape index (κ3) is 4.97. The molecule has 3 aromatic rings. The molecule has 0 radical (unpaired) electrons. The van der Waals surface area contributed by atoms with Gasteiger partial charge in [-0.15, -0.1) is 0 Å². The van der Waals surface area contributed by atoms with E-state index in [9.17, 15) is 4.79 Å². The first-order valence-corrected chi connectivity index (χ1v) is 12.4. The quantitative estimate of drug-likeness (QED) is 0.488. The zero-order chi connectivity index (χ0) is 22.6. The number of hydrogen-bond donors (Lipinski definition) is 3. The van der Waals surface area contributed by atoms with Crippen molar-refractivity contribution in [2.75, 3.05) is 23.3 Å². The summed E-state index contributed by atoms with van der Waals surface area (Å²) in [4.78, 5) is 27.1. The van der Waals surface area contributed by atoms with Crippen LogP contribution in [0.15, 0.2) is 42.9 Å². The summed E-state index contributed by atoms with van der Waals surface area (Å²) < 4.78 is 0. The predicted octanol–water partition coefficient (Wildman–Crippen LogP) is 5.43. The van der Waals surface area contributed by atoms with Gasteiger partial charge < -0.3 is 20.5 Å². The van der Waals surface area contributed by atoms with Crippen molar-refractivity contribution in [1.82, 2.24) is 20.3 Å². The molecule has 1 saturated carbocycles. The van der Waals surface area contributed by atoms with Gasteiger partial charge in [0, 0.05) is 36.9 Å². The highest BCUT2D eigenvalue weighted by Gasteiger charge is 2.25. The Balaban J connectivity index is 1.24. The van der Waals surface area contributed by atoms with Crippen LogP contribution in [0.3, 0.4) is 0 Å². The van der Waals surface area contributed by atoms with Crippen molar-refractivity contribution in [3.05, 3.63) is 48.4 Å².